The SMILES string of the molecule is N#Cc1ccccc1S(=O)(=O)Nc1c(Br)cc(Br)cc1Br. The first kappa shape index (κ1) is 16.5. The zero-order valence-corrected chi connectivity index (χ0v) is 15.8. The van der Waals surface area contributed by atoms with Gasteiger partial charge in [0.05, 0.1) is 11.3 Å². The van der Waals surface area contributed by atoms with Crippen LogP contribution < -0.4 is 4.72 Å². The van der Waals surface area contributed by atoms with Gasteiger partial charge in [0.15, 0.2) is 0 Å². The van der Waals surface area contributed by atoms with Crippen LogP contribution in [0.2, 0.25) is 0 Å². The number of nitrogens with one attached hydrogen (secondary N) is 1. The predicted molar refractivity (Wildman–Crippen MR) is 91.5 cm³/mol. The third-order valence-corrected chi connectivity index (χ3v) is 5.66. The van der Waals surface area contributed by atoms with Crippen molar-refractivity contribution in [1.82, 2.24) is 0 Å². The summed E-state index contributed by atoms with van der Waals surface area (Å²) >= 11 is 9.93. The first-order chi connectivity index (χ1) is 9.85. The lowest BCUT2D eigenvalue weighted by molar-refractivity contribution is 0.601. The predicted octanol–water partition coefficient (Wildman–Crippen LogP) is 4.65. The van der Waals surface area contributed by atoms with Crippen molar-refractivity contribution in [2.75, 3.05) is 4.72 Å². The molecule has 0 radical (unpaired) electrons. The molecule has 1 N–H and O–H groups in total. The largest absolute Gasteiger partial charge is 0.277 e. The van der Waals surface area contributed by atoms with Crippen LogP contribution in [-0.2, 0) is 10.0 Å². The van der Waals surface area contributed by atoms with E-state index in [0.29, 0.717) is 14.6 Å². The maximum absolute atomic E-state index is 12.5. The summed E-state index contributed by atoms with van der Waals surface area (Å²) in [6, 6.07) is 11.4. The van der Waals surface area contributed by atoms with E-state index in [4.69, 9.17) is 5.26 Å². The molecule has 108 valence electrons. The lowest BCUT2D eigenvalue weighted by Crippen LogP contribution is -2.15. The number of rotatable bonds is 3. The lowest BCUT2D eigenvalue weighted by atomic mass is 10.2. The Hall–Kier alpha value is -0.880. The number of benzene rings is 2. The van der Waals surface area contributed by atoms with Gasteiger partial charge in [-0.05, 0) is 56.1 Å². The normalized spacial score (nSPS) is 11.0. The zero-order chi connectivity index (χ0) is 15.6. The molecule has 0 saturated heterocycles. The maximum Gasteiger partial charge on any atom is 0.263 e. The molecule has 0 unspecified atom stereocenters. The summed E-state index contributed by atoms with van der Waals surface area (Å²) in [4.78, 5) is -0.0609. The number of nitrogens with zero attached hydrogens (tertiary/aromatic N) is 1. The Morgan fingerprint density at radius 2 is 1.62 bits per heavy atom. The van der Waals surface area contributed by atoms with Gasteiger partial charge in [0.25, 0.3) is 10.0 Å². The van der Waals surface area contributed by atoms with E-state index < -0.39 is 10.0 Å². The summed E-state index contributed by atoms with van der Waals surface area (Å²) < 4.78 is 29.3. The van der Waals surface area contributed by atoms with Crippen molar-refractivity contribution in [3.8, 4) is 6.07 Å². The van der Waals surface area contributed by atoms with E-state index in [2.05, 4.69) is 52.5 Å². The molecule has 0 atom stereocenters. The van der Waals surface area contributed by atoms with Gasteiger partial charge in [-0.15, -0.1) is 0 Å². The summed E-state index contributed by atoms with van der Waals surface area (Å²) in [5.41, 5.74) is 0.459. The van der Waals surface area contributed by atoms with Gasteiger partial charge < -0.3 is 0 Å². The Morgan fingerprint density at radius 3 is 2.19 bits per heavy atom. The molecular formula is C13H7Br3N2O2S. The van der Waals surface area contributed by atoms with Crippen LogP contribution in [0.4, 0.5) is 5.69 Å². The average molecular weight is 495 g/mol. The summed E-state index contributed by atoms with van der Waals surface area (Å²) in [6.45, 7) is 0. The molecule has 8 heteroatoms. The highest BCUT2D eigenvalue weighted by Crippen LogP contribution is 2.35. The minimum atomic E-state index is -3.86. The van der Waals surface area contributed by atoms with Crippen molar-refractivity contribution in [3.05, 3.63) is 55.4 Å². The Labute approximate surface area is 147 Å². The molecule has 0 heterocycles. The first-order valence-electron chi connectivity index (χ1n) is 5.51. The van der Waals surface area contributed by atoms with Crippen LogP contribution in [0.1, 0.15) is 5.56 Å². The van der Waals surface area contributed by atoms with E-state index in [0.717, 1.165) is 4.47 Å². The highest BCUT2D eigenvalue weighted by Gasteiger charge is 2.20. The Bertz CT molecular complexity index is 822. The number of hydrogen-bond donors (Lipinski definition) is 1. The third-order valence-electron chi connectivity index (χ3n) is 2.54. The Morgan fingerprint density at radius 1 is 1.05 bits per heavy atom. The lowest BCUT2D eigenvalue weighted by Gasteiger charge is -2.13. The van der Waals surface area contributed by atoms with Crippen molar-refractivity contribution < 1.29 is 8.42 Å². The summed E-state index contributed by atoms with van der Waals surface area (Å²) in [5, 5.41) is 9.03. The minimum Gasteiger partial charge on any atom is -0.277 e. The molecule has 0 saturated carbocycles. The standard InChI is InChI=1S/C13H7Br3N2O2S/c14-9-5-10(15)13(11(16)6-9)18-21(19,20)12-4-2-1-3-8(12)7-17/h1-6,18H. The van der Waals surface area contributed by atoms with Gasteiger partial charge in [0.1, 0.15) is 11.0 Å². The highest BCUT2D eigenvalue weighted by molar-refractivity contribution is 9.11. The van der Waals surface area contributed by atoms with Crippen molar-refractivity contribution in [1.29, 1.82) is 5.26 Å². The van der Waals surface area contributed by atoms with Crippen LogP contribution in [0.5, 0.6) is 0 Å². The average Bonchev–Trinajstić information content (AvgIpc) is 2.43. The number of sulfonamides is 1. The number of nitriles is 1. The van der Waals surface area contributed by atoms with Gasteiger partial charge in [-0.1, -0.05) is 28.1 Å². The number of hydrogen-bond acceptors (Lipinski definition) is 3. The zero-order valence-electron chi connectivity index (χ0n) is 10.3. The molecule has 0 aromatic heterocycles. The second-order valence-corrected chi connectivity index (χ2v) is 8.23. The molecule has 2 aromatic carbocycles. The van der Waals surface area contributed by atoms with Crippen LogP contribution >= 0.6 is 47.8 Å². The topological polar surface area (TPSA) is 70.0 Å². The molecule has 2 aromatic rings. The first-order valence-corrected chi connectivity index (χ1v) is 9.38. The minimum absolute atomic E-state index is 0.0609. The van der Waals surface area contributed by atoms with Crippen molar-refractivity contribution in [3.63, 3.8) is 0 Å². The molecule has 2 rings (SSSR count). The molecule has 0 spiro atoms. The van der Waals surface area contributed by atoms with E-state index >= 15 is 0 Å². The van der Waals surface area contributed by atoms with Crippen molar-refractivity contribution in [2.45, 2.75) is 4.90 Å². The molecule has 0 amide bonds. The van der Waals surface area contributed by atoms with E-state index in [1.54, 1.807) is 24.3 Å². The van der Waals surface area contributed by atoms with Gasteiger partial charge in [0.2, 0.25) is 0 Å². The van der Waals surface area contributed by atoms with Gasteiger partial charge in [0, 0.05) is 13.4 Å². The van der Waals surface area contributed by atoms with Crippen LogP contribution in [0.3, 0.4) is 0 Å². The van der Waals surface area contributed by atoms with E-state index in [9.17, 15) is 8.42 Å². The fourth-order valence-electron chi connectivity index (χ4n) is 1.62. The summed E-state index contributed by atoms with van der Waals surface area (Å²) in [6.07, 6.45) is 0. The van der Waals surface area contributed by atoms with E-state index in [1.807, 2.05) is 6.07 Å². The van der Waals surface area contributed by atoms with Crippen LogP contribution in [-0.4, -0.2) is 8.42 Å². The smallest absolute Gasteiger partial charge is 0.263 e. The second-order valence-electron chi connectivity index (χ2n) is 3.96. The molecule has 0 fully saturated rings. The molecule has 4 nitrogen and oxygen atoms in total. The second kappa shape index (κ2) is 6.48. The van der Waals surface area contributed by atoms with Gasteiger partial charge >= 0.3 is 0 Å². The Kier molecular flexibility index (Phi) is 5.09. The monoisotopic (exact) mass is 492 g/mol. The third kappa shape index (κ3) is 3.66. The van der Waals surface area contributed by atoms with Crippen molar-refractivity contribution in [2.24, 2.45) is 0 Å². The molecule has 0 aliphatic heterocycles. The molecule has 0 aliphatic carbocycles. The van der Waals surface area contributed by atoms with Crippen molar-refractivity contribution >= 4 is 63.5 Å². The van der Waals surface area contributed by atoms with Crippen LogP contribution in [0, 0.1) is 11.3 Å². The van der Waals surface area contributed by atoms with Gasteiger partial charge in [-0.25, -0.2) is 8.42 Å². The summed E-state index contributed by atoms with van der Waals surface area (Å²) in [7, 11) is -3.86. The molecule has 21 heavy (non-hydrogen) atoms. The fraction of sp³-hybridized carbons (Fsp3) is 0. The number of halogens is 3. The molecular weight excluding hydrogens is 488 g/mol. The number of anilines is 1. The highest BCUT2D eigenvalue weighted by atomic mass is 79.9. The summed E-state index contributed by atoms with van der Waals surface area (Å²) in [5.74, 6) is 0. The molecule has 0 bridgehead atoms. The quantitative estimate of drug-likeness (QED) is 0.675. The maximum atomic E-state index is 12.5. The fourth-order valence-corrected chi connectivity index (χ4v) is 5.60. The molecule has 0 aliphatic rings. The van der Waals surface area contributed by atoms with Gasteiger partial charge in [-0.2, -0.15) is 5.26 Å². The van der Waals surface area contributed by atoms with E-state index in [-0.39, 0.29) is 10.5 Å². The van der Waals surface area contributed by atoms with Crippen LogP contribution in [0.25, 0.3) is 0 Å². The van der Waals surface area contributed by atoms with E-state index in [1.165, 1.54) is 12.1 Å². The van der Waals surface area contributed by atoms with Gasteiger partial charge in [-0.3, -0.25) is 4.72 Å². The Balaban J connectivity index is 2.51. The van der Waals surface area contributed by atoms with Crippen LogP contribution in [0.15, 0.2) is 54.7 Å².